The summed E-state index contributed by atoms with van der Waals surface area (Å²) in [6.45, 7) is 4.21. The molecule has 2 atom stereocenters. The Kier molecular flexibility index (Phi) is 63.3. The molecule has 1 amide bonds. The minimum Gasteiger partial charge on any atom is -0.394 e. The van der Waals surface area contributed by atoms with Gasteiger partial charge in [-0.05, 0) is 89.9 Å². The molecule has 2 unspecified atom stereocenters. The monoisotopic (exact) mass is 1050 g/mol. The molecule has 0 spiro atoms. The normalized spacial score (nSPS) is 13.6. The largest absolute Gasteiger partial charge is 0.394 e. The minimum atomic E-state index is -0.851. The van der Waals surface area contributed by atoms with E-state index < -0.39 is 12.1 Å². The number of hydrogen-bond donors (Lipinski definition) is 3. The van der Waals surface area contributed by atoms with Gasteiger partial charge in [0.2, 0.25) is 5.91 Å². The van der Waals surface area contributed by atoms with Crippen LogP contribution in [-0.2, 0) is 4.79 Å². The van der Waals surface area contributed by atoms with Crippen LogP contribution in [0, 0.1) is 0 Å². The fraction of sp³-hybridized carbons (Fsp3) is 0.708. The van der Waals surface area contributed by atoms with Gasteiger partial charge in [-0.3, -0.25) is 4.79 Å². The molecule has 0 heterocycles. The number of aliphatic hydroxyl groups is 2. The zero-order valence-electron chi connectivity index (χ0n) is 50.2. The number of rotatable bonds is 59. The average molecular weight is 1050 g/mol. The molecule has 0 aliphatic rings. The predicted molar refractivity (Wildman–Crippen MR) is 340 cm³/mol. The van der Waals surface area contributed by atoms with E-state index in [9.17, 15) is 15.0 Å². The van der Waals surface area contributed by atoms with Crippen LogP contribution in [0.1, 0.15) is 309 Å². The maximum absolute atomic E-state index is 12.5. The highest BCUT2D eigenvalue weighted by Crippen LogP contribution is 2.17. The van der Waals surface area contributed by atoms with Crippen LogP contribution < -0.4 is 5.32 Å². The summed E-state index contributed by atoms with van der Waals surface area (Å²) in [4.78, 5) is 12.5. The van der Waals surface area contributed by atoms with E-state index in [1.807, 2.05) is 6.08 Å². The number of carbonyl (C=O) groups is 1. The quantitative estimate of drug-likeness (QED) is 0.0420. The van der Waals surface area contributed by atoms with E-state index in [1.54, 1.807) is 6.08 Å². The summed E-state index contributed by atoms with van der Waals surface area (Å²) in [5, 5.41) is 23.3. The molecule has 0 bridgehead atoms. The number of unbranched alkanes of at least 4 members (excludes halogenated alkanes) is 34. The Morgan fingerprint density at radius 2 is 0.579 bits per heavy atom. The van der Waals surface area contributed by atoms with Gasteiger partial charge in [0, 0.05) is 6.42 Å². The van der Waals surface area contributed by atoms with Crippen molar-refractivity contribution in [3.05, 3.63) is 122 Å². The SMILES string of the molecule is CC/C=C\C/C=C\C/C=C\C/C=C\C/C=C\C/C=C\C/C=C\C/C=C\C/C=C\CCCCCCCCCCCC(=O)NC(CO)C(O)/C=C/CCCCCCCCCCCCCCCCCCCCCCCCCCC. The highest BCUT2D eigenvalue weighted by Gasteiger charge is 2.18. The van der Waals surface area contributed by atoms with Crippen LogP contribution in [0.3, 0.4) is 0 Å². The average Bonchev–Trinajstić information content (AvgIpc) is 3.42. The maximum Gasteiger partial charge on any atom is 0.220 e. The van der Waals surface area contributed by atoms with Crippen molar-refractivity contribution in [1.82, 2.24) is 5.32 Å². The fourth-order valence-corrected chi connectivity index (χ4v) is 9.53. The molecule has 0 saturated heterocycles. The number of nitrogens with one attached hydrogen (secondary N) is 1. The van der Waals surface area contributed by atoms with Crippen LogP contribution >= 0.6 is 0 Å². The summed E-state index contributed by atoms with van der Waals surface area (Å²) < 4.78 is 0. The van der Waals surface area contributed by atoms with Gasteiger partial charge in [0.05, 0.1) is 18.8 Å². The molecule has 0 fully saturated rings. The first-order valence-corrected chi connectivity index (χ1v) is 32.7. The molecule has 0 radical (unpaired) electrons. The molecule has 0 rings (SSSR count). The summed E-state index contributed by atoms with van der Waals surface area (Å²) in [7, 11) is 0. The van der Waals surface area contributed by atoms with E-state index in [0.717, 1.165) is 89.9 Å². The molecule has 0 aliphatic heterocycles. The van der Waals surface area contributed by atoms with Crippen molar-refractivity contribution in [2.45, 2.75) is 321 Å². The number of amides is 1. The summed E-state index contributed by atoms with van der Waals surface area (Å²) in [6, 6.07) is -0.635. The van der Waals surface area contributed by atoms with E-state index in [4.69, 9.17) is 0 Å². The first-order chi connectivity index (χ1) is 37.7. The van der Waals surface area contributed by atoms with Gasteiger partial charge in [0.25, 0.3) is 0 Å². The highest BCUT2D eigenvalue weighted by atomic mass is 16.3. The molecule has 76 heavy (non-hydrogen) atoms. The number of aliphatic hydroxyl groups excluding tert-OH is 2. The molecule has 436 valence electrons. The Bertz CT molecular complexity index is 1470. The Hall–Kier alpha value is -3.21. The molecule has 4 nitrogen and oxygen atoms in total. The fourth-order valence-electron chi connectivity index (χ4n) is 9.53. The third-order valence-corrected chi connectivity index (χ3v) is 14.5. The van der Waals surface area contributed by atoms with Gasteiger partial charge < -0.3 is 15.5 Å². The van der Waals surface area contributed by atoms with Gasteiger partial charge in [0.1, 0.15) is 0 Å². The van der Waals surface area contributed by atoms with Crippen molar-refractivity contribution in [2.24, 2.45) is 0 Å². The molecule has 0 saturated carbocycles. The highest BCUT2D eigenvalue weighted by molar-refractivity contribution is 5.76. The van der Waals surface area contributed by atoms with Crippen LogP contribution in [0.15, 0.2) is 122 Å². The van der Waals surface area contributed by atoms with E-state index in [-0.39, 0.29) is 12.5 Å². The number of carbonyl (C=O) groups excluding carboxylic acids is 1. The van der Waals surface area contributed by atoms with Gasteiger partial charge >= 0.3 is 0 Å². The molecule has 0 aromatic heterocycles. The van der Waals surface area contributed by atoms with E-state index >= 15 is 0 Å². The van der Waals surface area contributed by atoms with E-state index in [2.05, 4.69) is 129 Å². The van der Waals surface area contributed by atoms with E-state index in [1.165, 1.54) is 199 Å². The van der Waals surface area contributed by atoms with Crippen molar-refractivity contribution >= 4 is 5.91 Å². The second-order valence-corrected chi connectivity index (χ2v) is 21.8. The van der Waals surface area contributed by atoms with Crippen LogP contribution in [-0.4, -0.2) is 34.9 Å². The Morgan fingerprint density at radius 1 is 0.329 bits per heavy atom. The second kappa shape index (κ2) is 66.1. The summed E-state index contributed by atoms with van der Waals surface area (Å²) in [5.74, 6) is -0.0719. The van der Waals surface area contributed by atoms with Crippen LogP contribution in [0.25, 0.3) is 0 Å². The third-order valence-electron chi connectivity index (χ3n) is 14.5. The number of allylic oxidation sites excluding steroid dienone is 19. The molecular weight excluding hydrogens is 927 g/mol. The summed E-state index contributed by atoms with van der Waals surface area (Å²) >= 11 is 0. The van der Waals surface area contributed by atoms with Gasteiger partial charge in [-0.15, -0.1) is 0 Å². The van der Waals surface area contributed by atoms with Crippen LogP contribution in [0.2, 0.25) is 0 Å². The van der Waals surface area contributed by atoms with Crippen molar-refractivity contribution in [3.8, 4) is 0 Å². The van der Waals surface area contributed by atoms with Gasteiger partial charge in [-0.1, -0.05) is 334 Å². The van der Waals surface area contributed by atoms with Gasteiger partial charge in [-0.25, -0.2) is 0 Å². The lowest BCUT2D eigenvalue weighted by Gasteiger charge is -2.20. The zero-order chi connectivity index (χ0) is 54.8. The Labute approximate surface area is 473 Å². The summed E-state index contributed by atoms with van der Waals surface area (Å²) in [6.07, 6.45) is 101. The molecule has 3 N–H and O–H groups in total. The van der Waals surface area contributed by atoms with Crippen molar-refractivity contribution < 1.29 is 15.0 Å². The summed E-state index contributed by atoms with van der Waals surface area (Å²) in [5.41, 5.74) is 0. The number of hydrogen-bond acceptors (Lipinski definition) is 3. The Morgan fingerprint density at radius 3 is 0.868 bits per heavy atom. The van der Waals surface area contributed by atoms with Crippen molar-refractivity contribution in [2.75, 3.05) is 6.61 Å². The van der Waals surface area contributed by atoms with Crippen molar-refractivity contribution in [1.29, 1.82) is 0 Å². The smallest absolute Gasteiger partial charge is 0.220 e. The minimum absolute atomic E-state index is 0.0719. The molecule has 0 aromatic rings. The maximum atomic E-state index is 12.5. The van der Waals surface area contributed by atoms with Crippen molar-refractivity contribution in [3.63, 3.8) is 0 Å². The first kappa shape index (κ1) is 72.8. The molecule has 4 heteroatoms. The third kappa shape index (κ3) is 61.6. The van der Waals surface area contributed by atoms with Crippen LogP contribution in [0.5, 0.6) is 0 Å². The second-order valence-electron chi connectivity index (χ2n) is 21.8. The van der Waals surface area contributed by atoms with Gasteiger partial charge in [-0.2, -0.15) is 0 Å². The predicted octanol–water partition coefficient (Wildman–Crippen LogP) is 22.4. The molecular formula is C72H125NO3. The lowest BCUT2D eigenvalue weighted by molar-refractivity contribution is -0.123. The lowest BCUT2D eigenvalue weighted by Crippen LogP contribution is -2.45. The first-order valence-electron chi connectivity index (χ1n) is 32.7. The van der Waals surface area contributed by atoms with E-state index in [0.29, 0.717) is 6.42 Å². The van der Waals surface area contributed by atoms with Crippen LogP contribution in [0.4, 0.5) is 0 Å². The lowest BCUT2D eigenvalue weighted by atomic mass is 10.0. The zero-order valence-corrected chi connectivity index (χ0v) is 50.2. The van der Waals surface area contributed by atoms with Gasteiger partial charge in [0.15, 0.2) is 0 Å². The molecule has 0 aliphatic carbocycles. The molecule has 0 aromatic carbocycles. The topological polar surface area (TPSA) is 69.6 Å². The Balaban J connectivity index is 3.57. The standard InChI is InChI=1S/C72H125NO3/c1-3-5-7-9-11-13-15-17-19-21-23-25-27-29-31-32-33-34-35-36-37-38-39-40-42-44-46-48-50-52-54-56-58-60-62-64-66-68-72(76)73-70(69-74)71(75)67-65-63-61-59-57-55-53-51-49-47-45-43-41-30-28-26-24-22-20-18-16-14-12-10-8-6-4-2/h5,7,11,13,17,19,23,25,29,31,33-34,36-37,39-40,44,46,65,67,70-71,74-75H,3-4,6,8-10,12,14-16,18,20-22,24,26-28,30,32,35,38,41-43,45,47-64,66,68-69H2,1-2H3,(H,73,76)/b7-5-,13-11-,19-17-,25-23-,31-29-,34-33-,37-36-,40-39-,46-44-,67-65+.